The lowest BCUT2D eigenvalue weighted by Gasteiger charge is -2.32. The van der Waals surface area contributed by atoms with Crippen LogP contribution in [-0.4, -0.2) is 77.3 Å². The van der Waals surface area contributed by atoms with Crippen molar-refractivity contribution in [2.75, 3.05) is 46.4 Å². The van der Waals surface area contributed by atoms with Crippen molar-refractivity contribution in [3.63, 3.8) is 0 Å². The molecule has 0 radical (unpaired) electrons. The molecule has 1 N–H and O–H groups in total. The lowest BCUT2D eigenvalue weighted by atomic mass is 9.95. The number of carbonyl (C=O) groups excluding carboxylic acids is 1. The number of ether oxygens (including phenoxy) is 1. The van der Waals surface area contributed by atoms with Crippen LogP contribution in [0.2, 0.25) is 0 Å². The van der Waals surface area contributed by atoms with Crippen molar-refractivity contribution >= 4 is 5.91 Å². The van der Waals surface area contributed by atoms with E-state index in [0.29, 0.717) is 24.9 Å². The van der Waals surface area contributed by atoms with Crippen LogP contribution >= 0.6 is 0 Å². The van der Waals surface area contributed by atoms with Gasteiger partial charge in [0.1, 0.15) is 12.2 Å². The highest BCUT2D eigenvalue weighted by molar-refractivity contribution is 5.78. The summed E-state index contributed by atoms with van der Waals surface area (Å²) in [5.74, 6) is 2.26. The van der Waals surface area contributed by atoms with Gasteiger partial charge in [-0.25, -0.2) is 4.98 Å². The van der Waals surface area contributed by atoms with E-state index in [-0.39, 0.29) is 5.91 Å². The molecule has 2 aliphatic heterocycles. The molecule has 0 spiro atoms. The Hall–Kier alpha value is -1.47. The van der Waals surface area contributed by atoms with Gasteiger partial charge >= 0.3 is 0 Å². The number of carbonyl (C=O) groups is 1. The van der Waals surface area contributed by atoms with Gasteiger partial charge in [-0.05, 0) is 31.8 Å². The topological polar surface area (TPSA) is 74.3 Å². The quantitative estimate of drug-likeness (QED) is 0.827. The van der Waals surface area contributed by atoms with Gasteiger partial charge in [0, 0.05) is 39.1 Å². The van der Waals surface area contributed by atoms with Gasteiger partial charge in [0.2, 0.25) is 5.91 Å². The van der Waals surface area contributed by atoms with Crippen molar-refractivity contribution in [2.24, 2.45) is 5.92 Å². The number of rotatable bonds is 6. The predicted octanol–water partition coefficient (Wildman–Crippen LogP) is 0.479. The van der Waals surface area contributed by atoms with Crippen LogP contribution < -0.4 is 0 Å². The Morgan fingerprint density at radius 1 is 1.41 bits per heavy atom. The molecular formula is C15H25N5O2. The van der Waals surface area contributed by atoms with Gasteiger partial charge < -0.3 is 14.5 Å². The fourth-order valence-corrected chi connectivity index (χ4v) is 3.56. The molecule has 0 unspecified atom stereocenters. The second kappa shape index (κ2) is 7.19. The molecule has 1 atom stereocenters. The highest BCUT2D eigenvalue weighted by Gasteiger charge is 2.31. The average Bonchev–Trinajstić information content (AvgIpc) is 3.16. The van der Waals surface area contributed by atoms with Crippen LogP contribution in [0.4, 0.5) is 0 Å². The molecule has 122 valence electrons. The number of hydrogen-bond acceptors (Lipinski definition) is 5. The molecule has 2 saturated heterocycles. The number of nitrogens with zero attached hydrogens (tertiary/aromatic N) is 4. The second-order valence-electron chi connectivity index (χ2n) is 6.35. The van der Waals surface area contributed by atoms with Crippen LogP contribution in [0.1, 0.15) is 31.0 Å². The van der Waals surface area contributed by atoms with Crippen LogP contribution in [0, 0.1) is 5.92 Å². The Morgan fingerprint density at radius 3 is 2.91 bits per heavy atom. The average molecular weight is 307 g/mol. The SMILES string of the molecule is COCCN1C[C@H](CN2CCC(c3ncn[nH]3)CC2)CC1=O. The molecule has 1 aromatic rings. The third-order valence-electron chi connectivity index (χ3n) is 4.78. The summed E-state index contributed by atoms with van der Waals surface area (Å²) in [7, 11) is 1.68. The van der Waals surface area contributed by atoms with Crippen LogP contribution in [0.5, 0.6) is 0 Å². The van der Waals surface area contributed by atoms with E-state index < -0.39 is 0 Å². The first kappa shape index (κ1) is 15.4. The maximum absolute atomic E-state index is 12.0. The molecule has 1 aromatic heterocycles. The maximum Gasteiger partial charge on any atom is 0.223 e. The summed E-state index contributed by atoms with van der Waals surface area (Å²) in [4.78, 5) is 20.7. The van der Waals surface area contributed by atoms with Crippen LogP contribution in [0.15, 0.2) is 6.33 Å². The molecular weight excluding hydrogens is 282 g/mol. The number of H-pyrrole nitrogens is 1. The number of methoxy groups -OCH3 is 1. The summed E-state index contributed by atoms with van der Waals surface area (Å²) in [5.41, 5.74) is 0. The zero-order valence-electron chi connectivity index (χ0n) is 13.2. The molecule has 22 heavy (non-hydrogen) atoms. The fraction of sp³-hybridized carbons (Fsp3) is 0.800. The highest BCUT2D eigenvalue weighted by atomic mass is 16.5. The minimum absolute atomic E-state index is 0.276. The van der Waals surface area contributed by atoms with E-state index in [9.17, 15) is 4.79 Å². The molecule has 2 fully saturated rings. The highest BCUT2D eigenvalue weighted by Crippen LogP contribution is 2.27. The van der Waals surface area contributed by atoms with Gasteiger partial charge in [-0.3, -0.25) is 9.89 Å². The Labute approximate surface area is 131 Å². The van der Waals surface area contributed by atoms with E-state index in [4.69, 9.17) is 4.74 Å². The third kappa shape index (κ3) is 3.64. The Bertz CT molecular complexity index is 470. The van der Waals surface area contributed by atoms with Gasteiger partial charge in [-0.15, -0.1) is 0 Å². The largest absolute Gasteiger partial charge is 0.383 e. The van der Waals surface area contributed by atoms with E-state index in [1.165, 1.54) is 0 Å². The molecule has 0 aliphatic carbocycles. The second-order valence-corrected chi connectivity index (χ2v) is 6.35. The molecule has 2 aliphatic rings. The van der Waals surface area contributed by atoms with Crippen LogP contribution in [0.3, 0.4) is 0 Å². The number of hydrogen-bond donors (Lipinski definition) is 1. The molecule has 0 bridgehead atoms. The van der Waals surface area contributed by atoms with Gasteiger partial charge in [0.15, 0.2) is 0 Å². The Kier molecular flexibility index (Phi) is 5.04. The van der Waals surface area contributed by atoms with Gasteiger partial charge in [0.05, 0.1) is 6.61 Å². The Balaban J connectivity index is 1.42. The molecule has 3 rings (SSSR count). The van der Waals surface area contributed by atoms with Crippen molar-refractivity contribution in [1.82, 2.24) is 25.0 Å². The predicted molar refractivity (Wildman–Crippen MR) is 81.4 cm³/mol. The van der Waals surface area contributed by atoms with E-state index in [0.717, 1.165) is 51.4 Å². The molecule has 1 amide bonds. The standard InChI is InChI=1S/C15H25N5O2/c1-22-7-6-20-10-12(8-14(20)21)9-19-4-2-13(3-5-19)15-16-11-17-18-15/h11-13H,2-10H2,1H3,(H,16,17,18)/t12-/m0/s1. The number of amides is 1. The zero-order valence-corrected chi connectivity index (χ0v) is 13.2. The molecule has 7 nitrogen and oxygen atoms in total. The van der Waals surface area contributed by atoms with Crippen molar-refractivity contribution < 1.29 is 9.53 Å². The molecule has 0 saturated carbocycles. The number of aromatic amines is 1. The summed E-state index contributed by atoms with van der Waals surface area (Å²) < 4.78 is 5.07. The lowest BCUT2D eigenvalue weighted by molar-refractivity contribution is -0.128. The van der Waals surface area contributed by atoms with Gasteiger partial charge in [0.25, 0.3) is 0 Å². The smallest absolute Gasteiger partial charge is 0.223 e. The molecule has 3 heterocycles. The molecule has 7 heteroatoms. The van der Waals surface area contributed by atoms with Crippen molar-refractivity contribution in [3.05, 3.63) is 12.2 Å². The monoisotopic (exact) mass is 307 g/mol. The van der Waals surface area contributed by atoms with E-state index >= 15 is 0 Å². The maximum atomic E-state index is 12.0. The number of aromatic nitrogens is 3. The summed E-state index contributed by atoms with van der Waals surface area (Å²) in [6, 6.07) is 0. The first-order chi connectivity index (χ1) is 10.8. The van der Waals surface area contributed by atoms with E-state index in [1.807, 2.05) is 4.90 Å². The summed E-state index contributed by atoms with van der Waals surface area (Å²) in [6.07, 6.45) is 4.50. The van der Waals surface area contributed by atoms with Crippen LogP contribution in [0.25, 0.3) is 0 Å². The first-order valence-electron chi connectivity index (χ1n) is 8.10. The van der Waals surface area contributed by atoms with Gasteiger partial charge in [-0.1, -0.05) is 0 Å². The summed E-state index contributed by atoms with van der Waals surface area (Å²) >= 11 is 0. The van der Waals surface area contributed by atoms with Crippen molar-refractivity contribution in [2.45, 2.75) is 25.2 Å². The number of nitrogens with one attached hydrogen (secondary N) is 1. The number of piperidine rings is 1. The summed E-state index contributed by atoms with van der Waals surface area (Å²) in [6.45, 7) is 5.41. The minimum Gasteiger partial charge on any atom is -0.383 e. The summed E-state index contributed by atoms with van der Waals surface area (Å²) in [5, 5.41) is 6.92. The normalized spacial score (nSPS) is 24.3. The first-order valence-corrected chi connectivity index (χ1v) is 8.10. The Morgan fingerprint density at radius 2 is 2.23 bits per heavy atom. The molecule has 0 aromatic carbocycles. The van der Waals surface area contributed by atoms with Crippen LogP contribution in [-0.2, 0) is 9.53 Å². The van der Waals surface area contributed by atoms with Crippen molar-refractivity contribution in [3.8, 4) is 0 Å². The zero-order chi connectivity index (χ0) is 15.4. The van der Waals surface area contributed by atoms with Gasteiger partial charge in [-0.2, -0.15) is 5.10 Å². The lowest BCUT2D eigenvalue weighted by Crippen LogP contribution is -2.37. The minimum atomic E-state index is 0.276. The fourth-order valence-electron chi connectivity index (χ4n) is 3.56. The van der Waals surface area contributed by atoms with E-state index in [1.54, 1.807) is 13.4 Å². The third-order valence-corrected chi connectivity index (χ3v) is 4.78. The van der Waals surface area contributed by atoms with E-state index in [2.05, 4.69) is 20.1 Å². The van der Waals surface area contributed by atoms with Crippen molar-refractivity contribution in [1.29, 1.82) is 0 Å². The number of likely N-dealkylation sites (tertiary alicyclic amines) is 2.